The van der Waals surface area contributed by atoms with E-state index in [0.29, 0.717) is 31.3 Å². The number of nitrogens with zero attached hydrogens (tertiary/aromatic N) is 1. The standard InChI is InChI=1S/C34H52N4O5.ClH/c1-22(2)15-28(16-23(3)4)34(43)38-14-8-11-31(38)33(42)37-30(32(41)36-21-29(40)20-35-19-24(5)39)18-25-12-13-26-9-6-7-10-27(26)17-25;/h6-7,9-10,12-13,17,22-24,28-31,35,39-40H,8,11,14-16,18-21H2,1-5H3,(H,36,41)(H,37,42);1H/t24-,29?,30-,31+;/m1./s1. The van der Waals surface area contributed by atoms with Gasteiger partial charge < -0.3 is 31.1 Å². The van der Waals surface area contributed by atoms with E-state index in [0.717, 1.165) is 35.6 Å². The van der Waals surface area contributed by atoms with Crippen molar-refractivity contribution in [2.24, 2.45) is 17.8 Å². The zero-order valence-corrected chi connectivity index (χ0v) is 27.7. The normalized spacial score (nSPS) is 17.0. The molecule has 1 aliphatic rings. The van der Waals surface area contributed by atoms with Crippen molar-refractivity contribution < 1.29 is 24.6 Å². The Bertz CT molecular complexity index is 1200. The largest absolute Gasteiger partial charge is 0.392 e. The van der Waals surface area contributed by atoms with Crippen LogP contribution in [0.2, 0.25) is 0 Å². The van der Waals surface area contributed by atoms with Gasteiger partial charge in [0.2, 0.25) is 17.7 Å². The summed E-state index contributed by atoms with van der Waals surface area (Å²) in [5, 5.41) is 30.6. The van der Waals surface area contributed by atoms with Crippen LogP contribution in [0.4, 0.5) is 0 Å². The molecule has 1 fully saturated rings. The lowest BCUT2D eigenvalue weighted by Crippen LogP contribution is -2.55. The molecule has 0 bridgehead atoms. The number of rotatable bonds is 16. The van der Waals surface area contributed by atoms with Gasteiger partial charge in [-0.3, -0.25) is 14.4 Å². The van der Waals surface area contributed by atoms with Crippen molar-refractivity contribution in [3.63, 3.8) is 0 Å². The highest BCUT2D eigenvalue weighted by Crippen LogP contribution is 2.27. The number of aliphatic hydroxyl groups is 2. The van der Waals surface area contributed by atoms with E-state index in [1.54, 1.807) is 11.8 Å². The number of halogens is 1. The first-order chi connectivity index (χ1) is 20.4. The number of amides is 3. The van der Waals surface area contributed by atoms with Gasteiger partial charge in [0.05, 0.1) is 12.2 Å². The second kappa shape index (κ2) is 18.3. The lowest BCUT2D eigenvalue weighted by atomic mass is 9.88. The second-order valence-electron chi connectivity index (χ2n) is 13.0. The van der Waals surface area contributed by atoms with Crippen LogP contribution in [0.25, 0.3) is 10.8 Å². The van der Waals surface area contributed by atoms with Crippen LogP contribution in [0.3, 0.4) is 0 Å². The summed E-state index contributed by atoms with van der Waals surface area (Å²) in [4.78, 5) is 42.6. The maximum absolute atomic E-state index is 13.7. The van der Waals surface area contributed by atoms with E-state index in [4.69, 9.17) is 0 Å². The number of fused-ring (bicyclic) bond motifs is 1. The Kier molecular flexibility index (Phi) is 15.6. The first kappa shape index (κ1) is 37.5. The van der Waals surface area contributed by atoms with Crippen molar-refractivity contribution in [2.45, 2.75) is 91.0 Å². The van der Waals surface area contributed by atoms with Crippen LogP contribution in [0.1, 0.15) is 65.9 Å². The minimum Gasteiger partial charge on any atom is -0.392 e. The number of carbonyl (C=O) groups excluding carboxylic acids is 3. The Labute approximate surface area is 269 Å². The van der Waals surface area contributed by atoms with Gasteiger partial charge in [0.1, 0.15) is 12.1 Å². The van der Waals surface area contributed by atoms with Gasteiger partial charge in [-0.05, 0) is 60.8 Å². The highest BCUT2D eigenvalue weighted by Gasteiger charge is 2.38. The molecular formula is C34H53ClN4O5. The quantitative estimate of drug-likeness (QED) is 0.193. The van der Waals surface area contributed by atoms with E-state index in [9.17, 15) is 24.6 Å². The molecule has 0 saturated carbocycles. The molecule has 1 unspecified atom stereocenters. The van der Waals surface area contributed by atoms with E-state index in [-0.39, 0.29) is 49.6 Å². The molecule has 1 heterocycles. The van der Waals surface area contributed by atoms with Crippen molar-refractivity contribution in [3.8, 4) is 0 Å². The molecule has 0 aromatic heterocycles. The predicted octanol–water partition coefficient (Wildman–Crippen LogP) is 3.44. The van der Waals surface area contributed by atoms with Gasteiger partial charge in [-0.15, -0.1) is 12.4 Å². The molecule has 0 aliphatic carbocycles. The molecule has 3 amide bonds. The van der Waals surface area contributed by atoms with Crippen LogP contribution >= 0.6 is 12.4 Å². The van der Waals surface area contributed by atoms with E-state index >= 15 is 0 Å². The fourth-order valence-electron chi connectivity index (χ4n) is 5.92. The lowest BCUT2D eigenvalue weighted by Gasteiger charge is -2.31. The Balaban J connectivity index is 0.00000675. The fourth-order valence-corrected chi connectivity index (χ4v) is 5.92. The van der Waals surface area contributed by atoms with Crippen LogP contribution in [0, 0.1) is 17.8 Å². The van der Waals surface area contributed by atoms with Gasteiger partial charge in [-0.2, -0.15) is 0 Å². The predicted molar refractivity (Wildman–Crippen MR) is 178 cm³/mol. The summed E-state index contributed by atoms with van der Waals surface area (Å²) in [7, 11) is 0. The summed E-state index contributed by atoms with van der Waals surface area (Å²) < 4.78 is 0. The molecule has 2 aromatic rings. The van der Waals surface area contributed by atoms with Crippen LogP contribution in [-0.2, 0) is 20.8 Å². The number of nitrogens with one attached hydrogen (secondary N) is 3. The molecule has 3 rings (SSSR count). The number of likely N-dealkylation sites (tertiary alicyclic amines) is 1. The van der Waals surface area contributed by atoms with E-state index in [1.807, 2.05) is 42.5 Å². The minimum absolute atomic E-state index is 0. The number of hydrogen-bond donors (Lipinski definition) is 5. The molecule has 1 saturated heterocycles. The van der Waals surface area contributed by atoms with Crippen LogP contribution in [0.5, 0.6) is 0 Å². The van der Waals surface area contributed by atoms with Gasteiger partial charge in [0.25, 0.3) is 0 Å². The third kappa shape index (κ3) is 11.7. The van der Waals surface area contributed by atoms with Crippen LogP contribution in [-0.4, -0.2) is 83.3 Å². The average molecular weight is 633 g/mol. The summed E-state index contributed by atoms with van der Waals surface area (Å²) in [6, 6.07) is 12.4. The molecule has 9 nitrogen and oxygen atoms in total. The summed E-state index contributed by atoms with van der Waals surface area (Å²) in [6.07, 6.45) is 1.73. The lowest BCUT2D eigenvalue weighted by molar-refractivity contribution is -0.143. The van der Waals surface area contributed by atoms with Gasteiger partial charge in [0.15, 0.2) is 0 Å². The molecule has 4 atom stereocenters. The van der Waals surface area contributed by atoms with Gasteiger partial charge >= 0.3 is 0 Å². The second-order valence-corrected chi connectivity index (χ2v) is 13.0. The molecule has 246 valence electrons. The Morgan fingerprint density at radius 2 is 1.57 bits per heavy atom. The Morgan fingerprint density at radius 1 is 0.909 bits per heavy atom. The van der Waals surface area contributed by atoms with Crippen molar-refractivity contribution >= 4 is 40.9 Å². The average Bonchev–Trinajstić information content (AvgIpc) is 3.44. The highest BCUT2D eigenvalue weighted by atomic mass is 35.5. The maximum atomic E-state index is 13.7. The van der Waals surface area contributed by atoms with Gasteiger partial charge in [-0.25, -0.2) is 0 Å². The van der Waals surface area contributed by atoms with E-state index in [2.05, 4.69) is 43.6 Å². The molecule has 5 N–H and O–H groups in total. The molecule has 10 heteroatoms. The SMILES string of the molecule is CC(C)CC(CC(C)C)C(=O)N1CCC[C@H]1C(=O)N[C@H](Cc1ccc2ccccc2c1)C(=O)NCC(O)CNC[C@@H](C)O.Cl. The number of hydrogen-bond acceptors (Lipinski definition) is 6. The highest BCUT2D eigenvalue weighted by molar-refractivity contribution is 5.93. The summed E-state index contributed by atoms with van der Waals surface area (Å²) in [5.74, 6) is -0.0777. The first-order valence-electron chi connectivity index (χ1n) is 15.9. The van der Waals surface area contributed by atoms with Crippen molar-refractivity contribution in [2.75, 3.05) is 26.2 Å². The van der Waals surface area contributed by atoms with E-state index < -0.39 is 30.2 Å². The fraction of sp³-hybridized carbons (Fsp3) is 0.618. The molecular weight excluding hydrogens is 580 g/mol. The van der Waals surface area contributed by atoms with Crippen LogP contribution < -0.4 is 16.0 Å². The smallest absolute Gasteiger partial charge is 0.243 e. The topological polar surface area (TPSA) is 131 Å². The third-order valence-corrected chi connectivity index (χ3v) is 7.92. The maximum Gasteiger partial charge on any atom is 0.243 e. The zero-order valence-electron chi connectivity index (χ0n) is 26.9. The summed E-state index contributed by atoms with van der Waals surface area (Å²) in [6.45, 7) is 11.2. The molecule has 1 aliphatic heterocycles. The number of aliphatic hydroxyl groups excluding tert-OH is 2. The van der Waals surface area contributed by atoms with Gasteiger partial charge in [-0.1, -0.05) is 70.2 Å². The van der Waals surface area contributed by atoms with Crippen LogP contribution in [0.15, 0.2) is 42.5 Å². The number of carbonyl (C=O) groups is 3. The van der Waals surface area contributed by atoms with Crippen molar-refractivity contribution in [1.82, 2.24) is 20.9 Å². The van der Waals surface area contributed by atoms with Crippen molar-refractivity contribution in [1.29, 1.82) is 0 Å². The molecule has 0 spiro atoms. The minimum atomic E-state index is -0.883. The summed E-state index contributed by atoms with van der Waals surface area (Å²) >= 11 is 0. The Morgan fingerprint density at radius 3 is 2.20 bits per heavy atom. The Hall–Kier alpha value is -2.72. The molecule has 2 aromatic carbocycles. The number of benzene rings is 2. The zero-order chi connectivity index (χ0) is 31.5. The molecule has 0 radical (unpaired) electrons. The van der Waals surface area contributed by atoms with Gasteiger partial charge in [0, 0.05) is 38.5 Å². The summed E-state index contributed by atoms with van der Waals surface area (Å²) in [5.41, 5.74) is 0.895. The van der Waals surface area contributed by atoms with E-state index in [1.165, 1.54) is 0 Å². The van der Waals surface area contributed by atoms with Crippen molar-refractivity contribution in [3.05, 3.63) is 48.0 Å². The molecule has 44 heavy (non-hydrogen) atoms. The first-order valence-corrected chi connectivity index (χ1v) is 15.9. The third-order valence-electron chi connectivity index (χ3n) is 7.92. The monoisotopic (exact) mass is 632 g/mol.